The molecular weight excluding hydrogens is 696 g/mol. The van der Waals surface area contributed by atoms with Gasteiger partial charge in [0.2, 0.25) is 41.4 Å². The number of aryl methyl sites for hydroxylation is 1. The van der Waals surface area contributed by atoms with E-state index in [1.54, 1.807) is 71.0 Å². The first-order valence-electron chi connectivity index (χ1n) is 17.9. The number of nitrogens with two attached hydrogens (primary N) is 2. The quantitative estimate of drug-likeness (QED) is 0.0888. The first-order valence-corrected chi connectivity index (χ1v) is 17.9. The predicted molar refractivity (Wildman–Crippen MR) is 202 cm³/mol. The molecule has 0 fully saturated rings. The number of primary amides is 1. The number of hydrogen-bond donors (Lipinski definition) is 9. The summed E-state index contributed by atoms with van der Waals surface area (Å²) in [6.45, 7) is 12.7. The lowest BCUT2D eigenvalue weighted by atomic mass is 9.92. The fourth-order valence-corrected chi connectivity index (χ4v) is 5.60. The van der Waals surface area contributed by atoms with Gasteiger partial charge in [0.15, 0.2) is 0 Å². The zero-order valence-electron chi connectivity index (χ0n) is 32.3. The van der Waals surface area contributed by atoms with Gasteiger partial charge in [-0.05, 0) is 79.8 Å². The summed E-state index contributed by atoms with van der Waals surface area (Å²) in [7, 11) is 0. The van der Waals surface area contributed by atoms with Gasteiger partial charge < -0.3 is 48.5 Å². The number of phenols is 1. The Labute approximate surface area is 316 Å². The number of phenolic OH excluding ortho intramolecular Hbond substituents is 1. The van der Waals surface area contributed by atoms with E-state index in [-0.39, 0.29) is 24.5 Å². The number of benzene rings is 2. The lowest BCUT2D eigenvalue weighted by Gasteiger charge is -2.27. The van der Waals surface area contributed by atoms with Crippen molar-refractivity contribution in [1.29, 1.82) is 0 Å². The van der Waals surface area contributed by atoms with Crippen LogP contribution in [-0.2, 0) is 46.4 Å². The van der Waals surface area contributed by atoms with Crippen LogP contribution >= 0.6 is 0 Å². The largest absolute Gasteiger partial charge is 0.508 e. The Morgan fingerprint density at radius 1 is 0.667 bits per heavy atom. The molecule has 0 bridgehead atoms. The van der Waals surface area contributed by atoms with E-state index in [0.29, 0.717) is 11.1 Å². The number of rotatable bonds is 19. The van der Waals surface area contributed by atoms with Crippen LogP contribution in [0.5, 0.6) is 5.75 Å². The maximum atomic E-state index is 13.4. The average molecular weight is 753 g/mol. The number of carbonyl (C=O) groups excluding carboxylic acids is 7. The number of hydrogen-bond acceptors (Lipinski definition) is 9. The molecule has 2 rings (SSSR count). The van der Waals surface area contributed by atoms with Crippen LogP contribution in [0, 0.1) is 32.6 Å². The summed E-state index contributed by atoms with van der Waals surface area (Å²) in [6, 6.07) is 5.14. The first kappa shape index (κ1) is 44.7. The summed E-state index contributed by atoms with van der Waals surface area (Å²) in [5.41, 5.74) is 15.1. The smallest absolute Gasteiger partial charge is 0.243 e. The fraction of sp³-hybridized carbons (Fsp3) is 0.500. The second-order valence-electron chi connectivity index (χ2n) is 14.2. The van der Waals surface area contributed by atoms with Gasteiger partial charge >= 0.3 is 0 Å². The molecule has 2 aromatic carbocycles. The number of amides is 7. The van der Waals surface area contributed by atoms with Gasteiger partial charge in [-0.2, -0.15) is 0 Å². The fourth-order valence-electron chi connectivity index (χ4n) is 5.60. The molecule has 0 aliphatic carbocycles. The number of nitrogens with one attached hydrogen (secondary N) is 6. The van der Waals surface area contributed by atoms with Crippen molar-refractivity contribution >= 4 is 41.4 Å². The van der Waals surface area contributed by atoms with Gasteiger partial charge in [0.25, 0.3) is 0 Å². The van der Waals surface area contributed by atoms with E-state index in [1.807, 2.05) is 13.8 Å². The predicted octanol–water partition coefficient (Wildman–Crippen LogP) is -0.581. The summed E-state index contributed by atoms with van der Waals surface area (Å²) in [5.74, 6) is -5.29. The molecule has 0 spiro atoms. The van der Waals surface area contributed by atoms with Gasteiger partial charge in [0, 0.05) is 6.42 Å². The standard InChI is InChI=1S/C38H56N8O8/c1-19(2)32(37(53)41-17-30(40)48)46-38(54)33(20(3)4)45-31(49)18-42-36(52)28(15-25-12-10-9-11-13-25)44-34(50)24(8)43-35(51)27(39)16-26-21(5)14-29(47)23(7)22(26)6/h9-14,19-20,24,27-28,32-33,47H,15-18,39H2,1-8H3,(H2,40,48)(H,41,53)(H,42,52)(H,43,51)(H,44,50)(H,45,49)(H,46,54)/t24-,27+,28+,32+,33+/m1/s1. The van der Waals surface area contributed by atoms with Crippen LogP contribution in [0.25, 0.3) is 0 Å². The number of aromatic hydroxyl groups is 1. The third-order valence-corrected chi connectivity index (χ3v) is 9.03. The Morgan fingerprint density at radius 2 is 1.24 bits per heavy atom. The van der Waals surface area contributed by atoms with Gasteiger partial charge in [-0.25, -0.2) is 0 Å². The van der Waals surface area contributed by atoms with Gasteiger partial charge in [-0.3, -0.25) is 33.6 Å². The van der Waals surface area contributed by atoms with Gasteiger partial charge in [0.05, 0.1) is 19.1 Å². The minimum Gasteiger partial charge on any atom is -0.508 e. The van der Waals surface area contributed by atoms with Crippen molar-refractivity contribution in [2.24, 2.45) is 23.3 Å². The lowest BCUT2D eigenvalue weighted by molar-refractivity contribution is -0.134. The van der Waals surface area contributed by atoms with Gasteiger partial charge in [0.1, 0.15) is 29.9 Å². The van der Waals surface area contributed by atoms with Gasteiger partial charge in [-0.1, -0.05) is 58.0 Å². The van der Waals surface area contributed by atoms with E-state index >= 15 is 0 Å². The summed E-state index contributed by atoms with van der Waals surface area (Å²) < 4.78 is 0. The molecule has 7 amide bonds. The summed E-state index contributed by atoms with van der Waals surface area (Å²) in [5, 5.41) is 25.4. The molecule has 0 aliphatic rings. The third kappa shape index (κ3) is 13.5. The molecule has 5 atom stereocenters. The topological polar surface area (TPSA) is 264 Å². The molecule has 16 heteroatoms. The zero-order valence-corrected chi connectivity index (χ0v) is 32.3. The normalized spacial score (nSPS) is 13.8. The second kappa shape index (κ2) is 20.7. The Kier molecular flexibility index (Phi) is 17.1. The van der Waals surface area contributed by atoms with Crippen molar-refractivity contribution in [3.05, 3.63) is 64.2 Å². The van der Waals surface area contributed by atoms with Crippen molar-refractivity contribution in [3.8, 4) is 5.75 Å². The van der Waals surface area contributed by atoms with Crippen LogP contribution in [0.2, 0.25) is 0 Å². The Morgan fingerprint density at radius 3 is 1.81 bits per heavy atom. The Balaban J connectivity index is 2.09. The van der Waals surface area contributed by atoms with Crippen molar-refractivity contribution in [3.63, 3.8) is 0 Å². The highest BCUT2D eigenvalue weighted by molar-refractivity contribution is 5.96. The Bertz CT molecular complexity index is 1680. The van der Waals surface area contributed by atoms with E-state index in [4.69, 9.17) is 11.5 Å². The van der Waals surface area contributed by atoms with Crippen LogP contribution in [0.3, 0.4) is 0 Å². The highest BCUT2D eigenvalue weighted by Crippen LogP contribution is 2.27. The second-order valence-corrected chi connectivity index (χ2v) is 14.2. The average Bonchev–Trinajstić information content (AvgIpc) is 3.11. The molecule has 0 aliphatic heterocycles. The Hall–Kier alpha value is -5.51. The number of carbonyl (C=O) groups is 7. The molecule has 0 saturated carbocycles. The zero-order chi connectivity index (χ0) is 40.9. The monoisotopic (exact) mass is 752 g/mol. The molecule has 11 N–H and O–H groups in total. The summed E-state index contributed by atoms with van der Waals surface area (Å²) in [6.07, 6.45) is 0.231. The van der Waals surface area contributed by atoms with Crippen molar-refractivity contribution in [2.45, 2.75) is 98.4 Å². The SMILES string of the molecule is Cc1cc(O)c(C)c(C)c1C[C@H](N)C(=O)N[C@H](C)C(=O)N[C@@H](Cc1ccccc1)C(=O)NCC(=O)N[C@H](C(=O)N[C@H](C(=O)NCC(N)=O)C(C)C)C(C)C. The molecular formula is C38H56N8O8. The molecule has 0 aromatic heterocycles. The summed E-state index contributed by atoms with van der Waals surface area (Å²) >= 11 is 0. The van der Waals surface area contributed by atoms with E-state index in [0.717, 1.165) is 16.7 Å². The molecule has 0 radical (unpaired) electrons. The minimum atomic E-state index is -1.15. The van der Waals surface area contributed by atoms with Crippen LogP contribution < -0.4 is 43.4 Å². The minimum absolute atomic E-state index is 0.0599. The summed E-state index contributed by atoms with van der Waals surface area (Å²) in [4.78, 5) is 89.7. The highest BCUT2D eigenvalue weighted by atomic mass is 16.3. The third-order valence-electron chi connectivity index (χ3n) is 9.03. The van der Waals surface area contributed by atoms with Gasteiger partial charge in [-0.15, -0.1) is 0 Å². The van der Waals surface area contributed by atoms with E-state index in [9.17, 15) is 38.7 Å². The van der Waals surface area contributed by atoms with E-state index < -0.39 is 90.6 Å². The molecule has 2 aromatic rings. The maximum Gasteiger partial charge on any atom is 0.243 e. The van der Waals surface area contributed by atoms with Crippen LogP contribution in [0.15, 0.2) is 36.4 Å². The maximum absolute atomic E-state index is 13.4. The van der Waals surface area contributed by atoms with Crippen LogP contribution in [0.4, 0.5) is 0 Å². The van der Waals surface area contributed by atoms with Crippen molar-refractivity contribution < 1.29 is 38.7 Å². The molecule has 0 unspecified atom stereocenters. The molecule has 0 heterocycles. The van der Waals surface area contributed by atoms with E-state index in [1.165, 1.54) is 6.92 Å². The van der Waals surface area contributed by atoms with Crippen molar-refractivity contribution in [2.75, 3.05) is 13.1 Å². The van der Waals surface area contributed by atoms with E-state index in [2.05, 4.69) is 31.9 Å². The van der Waals surface area contributed by atoms with Crippen molar-refractivity contribution in [1.82, 2.24) is 31.9 Å². The van der Waals surface area contributed by atoms with Crippen LogP contribution in [0.1, 0.15) is 62.4 Å². The molecule has 54 heavy (non-hydrogen) atoms. The highest BCUT2D eigenvalue weighted by Gasteiger charge is 2.31. The lowest BCUT2D eigenvalue weighted by Crippen LogP contribution is -2.58. The van der Waals surface area contributed by atoms with Crippen LogP contribution in [-0.4, -0.2) is 89.8 Å². The molecule has 16 nitrogen and oxygen atoms in total. The molecule has 0 saturated heterocycles. The first-order chi connectivity index (χ1) is 25.2. The molecule has 296 valence electrons.